The second-order valence-electron chi connectivity index (χ2n) is 8.74. The summed E-state index contributed by atoms with van der Waals surface area (Å²) in [5, 5.41) is 39.3. The SMILES string of the molecule is CC(C)CCOC(C)(C)CCC(=O)OC1OC(CO)C(O)C(O)C1O.SSc1ccccn1. The Hall–Kier alpha value is -0.920. The molecule has 0 radical (unpaired) electrons. The zero-order chi connectivity index (χ0) is 25.0. The number of ether oxygens (including phenoxy) is 3. The summed E-state index contributed by atoms with van der Waals surface area (Å²) in [6, 6.07) is 5.73. The summed E-state index contributed by atoms with van der Waals surface area (Å²) < 4.78 is 16.0. The summed E-state index contributed by atoms with van der Waals surface area (Å²) in [4.78, 5) is 16.0. The van der Waals surface area contributed by atoms with Crippen molar-refractivity contribution in [3.05, 3.63) is 24.4 Å². The van der Waals surface area contributed by atoms with Crippen LogP contribution in [0.2, 0.25) is 0 Å². The van der Waals surface area contributed by atoms with Gasteiger partial charge in [0, 0.05) is 19.2 Å². The third-order valence-electron chi connectivity index (χ3n) is 4.95. The summed E-state index contributed by atoms with van der Waals surface area (Å²) in [7, 11) is 1.35. The van der Waals surface area contributed by atoms with Crippen molar-refractivity contribution >= 4 is 28.4 Å². The normalized spacial score (nSPS) is 25.3. The number of nitrogens with zero attached hydrogens (tertiary/aromatic N) is 1. The van der Waals surface area contributed by atoms with E-state index in [-0.39, 0.29) is 6.42 Å². The topological polar surface area (TPSA) is 139 Å². The van der Waals surface area contributed by atoms with E-state index in [2.05, 4.69) is 30.5 Å². The second-order valence-corrected chi connectivity index (χ2v) is 9.89. The van der Waals surface area contributed by atoms with Gasteiger partial charge in [0.15, 0.2) is 0 Å². The van der Waals surface area contributed by atoms with E-state index in [4.69, 9.17) is 19.3 Å². The Morgan fingerprint density at radius 1 is 1.24 bits per heavy atom. The van der Waals surface area contributed by atoms with Gasteiger partial charge in [0.25, 0.3) is 0 Å². The highest BCUT2D eigenvalue weighted by molar-refractivity contribution is 8.68. The quantitative estimate of drug-likeness (QED) is 0.181. The number of carbonyl (C=O) groups excluding carboxylic acids is 1. The molecule has 1 fully saturated rings. The van der Waals surface area contributed by atoms with Crippen molar-refractivity contribution in [2.45, 2.75) is 88.3 Å². The molecule has 5 atom stereocenters. The number of aliphatic hydroxyl groups is 4. The van der Waals surface area contributed by atoms with Crippen molar-refractivity contribution in [3.63, 3.8) is 0 Å². The Bertz CT molecular complexity index is 678. The fourth-order valence-electron chi connectivity index (χ4n) is 2.80. The first kappa shape index (κ1) is 30.1. The standard InChI is InChI=1S/C17H32O8.C5H5NS2/c1-10(2)6-8-23-17(3,4)7-5-12(19)25-16-15(22)14(21)13(20)11(9-18)24-16;7-8-5-3-1-2-4-6-5/h10-11,13-16,18,20-22H,5-9H2,1-4H3;1-4,7H. The average Bonchev–Trinajstić information content (AvgIpc) is 2.78. The number of pyridine rings is 1. The van der Waals surface area contributed by atoms with Gasteiger partial charge in [-0.25, -0.2) is 4.98 Å². The van der Waals surface area contributed by atoms with Crippen LogP contribution < -0.4 is 0 Å². The molecule has 1 aromatic rings. The third kappa shape index (κ3) is 11.4. The van der Waals surface area contributed by atoms with E-state index in [1.807, 2.05) is 32.0 Å². The molecule has 2 rings (SSSR count). The lowest BCUT2D eigenvalue weighted by Crippen LogP contribution is -2.59. The highest BCUT2D eigenvalue weighted by atomic mass is 33.1. The molecule has 1 aromatic heterocycles. The van der Waals surface area contributed by atoms with Crippen molar-refractivity contribution in [1.82, 2.24) is 4.98 Å². The Balaban J connectivity index is 0.000000568. The van der Waals surface area contributed by atoms with E-state index in [1.165, 1.54) is 10.8 Å². The maximum Gasteiger partial charge on any atom is 0.308 e. The molecule has 11 heteroatoms. The van der Waals surface area contributed by atoms with Crippen LogP contribution in [0.3, 0.4) is 0 Å². The first-order valence-corrected chi connectivity index (χ1v) is 12.7. The van der Waals surface area contributed by atoms with Gasteiger partial charge in [-0.15, -0.1) is 11.7 Å². The predicted octanol–water partition coefficient (Wildman–Crippen LogP) is 1.97. The second kappa shape index (κ2) is 15.2. The van der Waals surface area contributed by atoms with Crippen molar-refractivity contribution in [2.24, 2.45) is 5.92 Å². The van der Waals surface area contributed by atoms with Crippen LogP contribution in [0.15, 0.2) is 29.4 Å². The molecular formula is C22H37NO8S2. The summed E-state index contributed by atoms with van der Waals surface area (Å²) >= 11 is 3.96. The number of rotatable bonds is 10. The Kier molecular flexibility index (Phi) is 13.8. The fourth-order valence-corrected chi connectivity index (χ4v) is 3.37. The molecule has 1 aliphatic heterocycles. The molecule has 1 saturated heterocycles. The number of esters is 1. The maximum absolute atomic E-state index is 12.0. The van der Waals surface area contributed by atoms with Crippen LogP contribution in [0, 0.1) is 5.92 Å². The molecule has 2 heterocycles. The van der Waals surface area contributed by atoms with Gasteiger partial charge < -0.3 is 34.6 Å². The van der Waals surface area contributed by atoms with Crippen LogP contribution in [-0.4, -0.2) is 80.9 Å². The Morgan fingerprint density at radius 2 is 1.94 bits per heavy atom. The summed E-state index contributed by atoms with van der Waals surface area (Å²) in [6.45, 7) is 8.01. The van der Waals surface area contributed by atoms with Gasteiger partial charge in [-0.2, -0.15) is 0 Å². The molecule has 4 N–H and O–H groups in total. The van der Waals surface area contributed by atoms with E-state index in [9.17, 15) is 20.1 Å². The van der Waals surface area contributed by atoms with Crippen molar-refractivity contribution in [1.29, 1.82) is 0 Å². The molecule has 5 unspecified atom stereocenters. The summed E-state index contributed by atoms with van der Waals surface area (Å²) in [6.07, 6.45) is -4.04. The molecule has 0 aliphatic carbocycles. The van der Waals surface area contributed by atoms with Gasteiger partial charge in [0.2, 0.25) is 6.29 Å². The average molecular weight is 508 g/mol. The van der Waals surface area contributed by atoms with Gasteiger partial charge >= 0.3 is 5.97 Å². The number of carbonyl (C=O) groups is 1. The van der Waals surface area contributed by atoms with Gasteiger partial charge in [-0.05, 0) is 55.5 Å². The molecule has 33 heavy (non-hydrogen) atoms. The van der Waals surface area contributed by atoms with E-state index < -0.39 is 48.9 Å². The van der Waals surface area contributed by atoms with E-state index in [1.54, 1.807) is 6.20 Å². The first-order chi connectivity index (χ1) is 15.5. The summed E-state index contributed by atoms with van der Waals surface area (Å²) in [5.74, 6) is -0.0863. The zero-order valence-corrected chi connectivity index (χ0v) is 21.2. The van der Waals surface area contributed by atoms with Crippen LogP contribution >= 0.6 is 22.5 Å². The molecule has 0 amide bonds. The van der Waals surface area contributed by atoms with Gasteiger partial charge in [-0.1, -0.05) is 19.9 Å². The van der Waals surface area contributed by atoms with Gasteiger partial charge in [0.1, 0.15) is 29.4 Å². The van der Waals surface area contributed by atoms with Crippen molar-refractivity contribution in [3.8, 4) is 0 Å². The minimum Gasteiger partial charge on any atom is -0.433 e. The monoisotopic (exact) mass is 507 g/mol. The minimum atomic E-state index is -1.59. The molecule has 9 nitrogen and oxygen atoms in total. The predicted molar refractivity (Wildman–Crippen MR) is 128 cm³/mol. The number of hydrogen-bond donors (Lipinski definition) is 5. The van der Waals surface area contributed by atoms with Crippen LogP contribution in [0.5, 0.6) is 0 Å². The van der Waals surface area contributed by atoms with Crippen LogP contribution in [0.4, 0.5) is 0 Å². The van der Waals surface area contributed by atoms with Crippen LogP contribution in [0.1, 0.15) is 47.0 Å². The van der Waals surface area contributed by atoms with Crippen molar-refractivity contribution in [2.75, 3.05) is 13.2 Å². The van der Waals surface area contributed by atoms with E-state index in [0.717, 1.165) is 11.4 Å². The Labute approximate surface area is 204 Å². The molecule has 1 aliphatic rings. The zero-order valence-electron chi connectivity index (χ0n) is 19.5. The lowest BCUT2D eigenvalue weighted by atomic mass is 9.99. The largest absolute Gasteiger partial charge is 0.433 e. The summed E-state index contributed by atoms with van der Waals surface area (Å²) in [5.41, 5.74) is -0.497. The van der Waals surface area contributed by atoms with E-state index >= 15 is 0 Å². The van der Waals surface area contributed by atoms with Gasteiger partial charge in [0.05, 0.1) is 12.2 Å². The highest BCUT2D eigenvalue weighted by Gasteiger charge is 2.45. The van der Waals surface area contributed by atoms with Crippen molar-refractivity contribution < 1.29 is 39.4 Å². The third-order valence-corrected chi connectivity index (χ3v) is 5.94. The number of aliphatic hydroxyl groups excluding tert-OH is 4. The fraction of sp³-hybridized carbons (Fsp3) is 0.727. The molecule has 0 saturated carbocycles. The molecule has 0 spiro atoms. The number of thiol groups is 1. The Morgan fingerprint density at radius 3 is 2.45 bits per heavy atom. The molecule has 0 bridgehead atoms. The minimum absolute atomic E-state index is 0.0453. The molecule has 0 aromatic carbocycles. The maximum atomic E-state index is 12.0. The van der Waals surface area contributed by atoms with Crippen LogP contribution in [-0.2, 0) is 19.0 Å². The first-order valence-electron chi connectivity index (χ1n) is 10.9. The number of aromatic nitrogens is 1. The smallest absolute Gasteiger partial charge is 0.308 e. The lowest BCUT2D eigenvalue weighted by Gasteiger charge is -2.39. The molecular weight excluding hydrogens is 470 g/mol. The lowest BCUT2D eigenvalue weighted by molar-refractivity contribution is -0.292. The van der Waals surface area contributed by atoms with Gasteiger partial charge in [-0.3, -0.25) is 4.79 Å². The number of hydrogen-bond acceptors (Lipinski definition) is 11. The van der Waals surface area contributed by atoms with Crippen LogP contribution in [0.25, 0.3) is 0 Å². The van der Waals surface area contributed by atoms with E-state index in [0.29, 0.717) is 18.9 Å². The highest BCUT2D eigenvalue weighted by Crippen LogP contribution is 2.24. The molecule has 190 valence electrons.